The molecule has 1 fully saturated rings. The maximum Gasteiger partial charge on any atom is 0.317 e. The van der Waals surface area contributed by atoms with E-state index in [0.717, 1.165) is 43.2 Å². The largest absolute Gasteiger partial charge is 0.480 e. The molecule has 1 saturated heterocycles. The molecule has 6 N–H and O–H groups in total. The first-order valence-corrected chi connectivity index (χ1v) is 22.3. The second-order valence-electron chi connectivity index (χ2n) is 14.2. The van der Waals surface area contributed by atoms with Gasteiger partial charge in [-0.15, -0.1) is 11.8 Å². The average molecular weight is 816 g/mol. The van der Waals surface area contributed by atoms with Crippen LogP contribution in [0.3, 0.4) is 0 Å². The van der Waals surface area contributed by atoms with Gasteiger partial charge in [0.15, 0.2) is 0 Å². The summed E-state index contributed by atoms with van der Waals surface area (Å²) in [5.74, 6) is -3.72. The fourth-order valence-electron chi connectivity index (χ4n) is 6.33. The molecule has 2 rings (SSSR count). The zero-order valence-electron chi connectivity index (χ0n) is 32.2. The van der Waals surface area contributed by atoms with Gasteiger partial charge in [-0.2, -0.15) is 0 Å². The van der Waals surface area contributed by atoms with Gasteiger partial charge < -0.3 is 30.6 Å². The molecule has 1 amide bonds. The molecule has 0 spiro atoms. The van der Waals surface area contributed by atoms with Gasteiger partial charge in [-0.3, -0.25) is 48.1 Å². The van der Waals surface area contributed by atoms with Crippen LogP contribution in [0, 0.1) is 0 Å². The lowest BCUT2D eigenvalue weighted by Gasteiger charge is -2.37. The predicted molar refractivity (Wildman–Crippen MR) is 212 cm³/mol. The number of aliphatic carboxylic acids is 4. The van der Waals surface area contributed by atoms with Crippen LogP contribution in [0.1, 0.15) is 69.4 Å². The Hall–Kier alpha value is -3.05. The molecule has 1 aliphatic rings. The van der Waals surface area contributed by atoms with Gasteiger partial charge in [0.05, 0.1) is 31.6 Å². The second-order valence-corrected chi connectivity index (χ2v) is 17.9. The van der Waals surface area contributed by atoms with Crippen LogP contribution in [0.25, 0.3) is 0 Å². The summed E-state index contributed by atoms with van der Waals surface area (Å²) >= 11 is 1.45. The van der Waals surface area contributed by atoms with E-state index in [4.69, 9.17) is 0 Å². The standard InChI is InChI=1S/C37H62N5O11PS/c1-2-3-5-10-32(43)38-15-6-4-7-22-54(52,53)23-8-9-30-11-13-31(14-12-30)29-55-33-24-41(27-36(48)49)19-18-39(25-34(44)45)16-17-40(26-35(46)47)20-21-42(33)28-37(50)51/h11-14,33H,2-10,15-29H2,1H3,(H,38,43)(H,44,45)(H,46,47)(H,48,49)(H,50,51)(H,52,53). The van der Waals surface area contributed by atoms with Crippen LogP contribution in [0.4, 0.5) is 0 Å². The highest BCUT2D eigenvalue weighted by molar-refractivity contribution is 7.99. The third kappa shape index (κ3) is 22.9. The number of unbranched alkanes of at least 4 members (excludes halogenated alkanes) is 4. The first kappa shape index (κ1) is 48.1. The number of amides is 1. The summed E-state index contributed by atoms with van der Waals surface area (Å²) in [5, 5.41) is 40.8. The molecule has 1 aliphatic heterocycles. The van der Waals surface area contributed by atoms with Crippen LogP contribution >= 0.6 is 19.1 Å². The maximum atomic E-state index is 12.8. The Kier molecular flexibility index (Phi) is 23.4. The lowest BCUT2D eigenvalue weighted by atomic mass is 10.1. The molecule has 0 saturated carbocycles. The minimum atomic E-state index is -3.26. The van der Waals surface area contributed by atoms with Crippen molar-refractivity contribution < 1.29 is 53.9 Å². The summed E-state index contributed by atoms with van der Waals surface area (Å²) in [4.78, 5) is 76.0. The molecule has 2 atom stereocenters. The van der Waals surface area contributed by atoms with Crippen molar-refractivity contribution in [2.75, 3.05) is 90.9 Å². The Morgan fingerprint density at radius 3 is 1.80 bits per heavy atom. The van der Waals surface area contributed by atoms with Crippen molar-refractivity contribution in [3.05, 3.63) is 35.4 Å². The van der Waals surface area contributed by atoms with Gasteiger partial charge >= 0.3 is 23.9 Å². The average Bonchev–Trinajstić information content (AvgIpc) is 3.10. The SMILES string of the molecule is CCCCCC(=O)NCCCCCP(=O)(O)CCCc1ccc(CSC2CN(CC(=O)O)CCN(CC(=O)O)CCN(CC(=O)O)CCN2CC(=O)O)cc1. The van der Waals surface area contributed by atoms with Crippen molar-refractivity contribution in [2.24, 2.45) is 0 Å². The molecule has 0 radical (unpaired) electrons. The highest BCUT2D eigenvalue weighted by atomic mass is 32.2. The third-order valence-electron chi connectivity index (χ3n) is 9.36. The molecule has 0 aromatic heterocycles. The number of carbonyl (C=O) groups excluding carboxylic acids is 1. The number of nitrogens with one attached hydrogen (secondary N) is 1. The summed E-state index contributed by atoms with van der Waals surface area (Å²) in [6.07, 6.45) is 7.42. The van der Waals surface area contributed by atoms with E-state index in [1.165, 1.54) is 11.8 Å². The highest BCUT2D eigenvalue weighted by Crippen LogP contribution is 2.42. The van der Waals surface area contributed by atoms with Gasteiger partial charge in [0.2, 0.25) is 13.3 Å². The molecule has 55 heavy (non-hydrogen) atoms. The smallest absolute Gasteiger partial charge is 0.317 e. The second kappa shape index (κ2) is 26.7. The van der Waals surface area contributed by atoms with Crippen LogP contribution in [-0.2, 0) is 40.7 Å². The van der Waals surface area contributed by atoms with E-state index in [0.29, 0.717) is 38.0 Å². The first-order chi connectivity index (χ1) is 26.1. The van der Waals surface area contributed by atoms with Crippen LogP contribution < -0.4 is 5.32 Å². The maximum absolute atomic E-state index is 12.8. The Labute approximate surface area is 329 Å². The van der Waals surface area contributed by atoms with Gasteiger partial charge in [0.1, 0.15) is 0 Å². The number of carbonyl (C=O) groups is 5. The van der Waals surface area contributed by atoms with Gasteiger partial charge in [0.25, 0.3) is 0 Å². The predicted octanol–water partition coefficient (Wildman–Crippen LogP) is 2.88. The number of hydrogen-bond acceptors (Lipinski definition) is 11. The number of carboxylic acid groups (broad SMARTS) is 4. The molecule has 0 bridgehead atoms. The van der Waals surface area contributed by atoms with Crippen molar-refractivity contribution in [1.29, 1.82) is 0 Å². The van der Waals surface area contributed by atoms with Gasteiger partial charge in [-0.25, -0.2) is 0 Å². The van der Waals surface area contributed by atoms with Crippen LogP contribution in [0.15, 0.2) is 24.3 Å². The van der Waals surface area contributed by atoms with E-state index in [1.54, 1.807) is 19.6 Å². The fourth-order valence-corrected chi connectivity index (χ4v) is 9.20. The molecule has 1 aromatic rings. The molecule has 16 nitrogen and oxygen atoms in total. The van der Waals surface area contributed by atoms with E-state index in [2.05, 4.69) is 12.2 Å². The Bertz CT molecular complexity index is 1390. The van der Waals surface area contributed by atoms with E-state index >= 15 is 0 Å². The lowest BCUT2D eigenvalue weighted by molar-refractivity contribution is -0.141. The molecular weight excluding hydrogens is 753 g/mol. The van der Waals surface area contributed by atoms with Crippen LogP contribution in [0.5, 0.6) is 0 Å². The van der Waals surface area contributed by atoms with Crippen molar-refractivity contribution in [3.8, 4) is 0 Å². The summed E-state index contributed by atoms with van der Waals surface area (Å²) < 4.78 is 12.8. The number of hydrogen-bond donors (Lipinski definition) is 6. The third-order valence-corrected chi connectivity index (χ3v) is 12.7. The van der Waals surface area contributed by atoms with Gasteiger partial charge in [-0.05, 0) is 43.2 Å². The number of benzene rings is 1. The zero-order chi connectivity index (χ0) is 40.6. The van der Waals surface area contributed by atoms with Gasteiger partial charge in [-0.1, -0.05) is 50.5 Å². The topological polar surface area (TPSA) is 229 Å². The van der Waals surface area contributed by atoms with Gasteiger partial charge in [0, 0.05) is 76.9 Å². The molecule has 18 heteroatoms. The Morgan fingerprint density at radius 2 is 1.22 bits per heavy atom. The zero-order valence-corrected chi connectivity index (χ0v) is 33.9. The Balaban J connectivity index is 2.00. The Morgan fingerprint density at radius 1 is 0.691 bits per heavy atom. The van der Waals surface area contributed by atoms with E-state index in [-0.39, 0.29) is 90.2 Å². The summed E-state index contributed by atoms with van der Waals surface area (Å²) in [7, 11) is -3.26. The van der Waals surface area contributed by atoms with E-state index in [9.17, 15) is 53.9 Å². The number of rotatable bonds is 25. The number of aryl methyl sites for hydroxylation is 1. The summed E-state index contributed by atoms with van der Waals surface area (Å²) in [6, 6.07) is 7.83. The van der Waals surface area contributed by atoms with Crippen molar-refractivity contribution in [3.63, 3.8) is 0 Å². The number of carboxylic acids is 4. The first-order valence-electron chi connectivity index (χ1n) is 19.2. The molecular formula is C37H62N5O11PS. The van der Waals surface area contributed by atoms with Crippen molar-refractivity contribution >= 4 is 48.9 Å². The number of nitrogens with zero attached hydrogens (tertiary/aromatic N) is 4. The van der Waals surface area contributed by atoms with E-state index in [1.807, 2.05) is 24.3 Å². The summed E-state index contributed by atoms with van der Waals surface area (Å²) in [6.45, 7) is 2.95. The molecule has 312 valence electrons. The fraction of sp³-hybridized carbons (Fsp3) is 0.703. The summed E-state index contributed by atoms with van der Waals surface area (Å²) in [5.41, 5.74) is 1.96. The minimum absolute atomic E-state index is 0.0625. The van der Waals surface area contributed by atoms with E-state index < -0.39 is 36.6 Å². The normalized spacial score (nSPS) is 18.1. The number of thioether (sulfide) groups is 1. The molecule has 1 heterocycles. The monoisotopic (exact) mass is 815 g/mol. The minimum Gasteiger partial charge on any atom is -0.480 e. The molecule has 1 aromatic carbocycles. The lowest BCUT2D eigenvalue weighted by Crippen LogP contribution is -2.52. The quantitative estimate of drug-likeness (QED) is 0.0616. The molecule has 2 unspecified atom stereocenters. The highest BCUT2D eigenvalue weighted by Gasteiger charge is 2.28. The van der Waals surface area contributed by atoms with Crippen LogP contribution in [0.2, 0.25) is 0 Å². The molecule has 0 aliphatic carbocycles. The van der Waals surface area contributed by atoms with Crippen LogP contribution in [-0.4, -0.2) is 171 Å². The van der Waals surface area contributed by atoms with Crippen molar-refractivity contribution in [1.82, 2.24) is 24.9 Å². The van der Waals surface area contributed by atoms with Crippen molar-refractivity contribution in [2.45, 2.75) is 75.8 Å².